The summed E-state index contributed by atoms with van der Waals surface area (Å²) < 4.78 is 83.5. The van der Waals surface area contributed by atoms with Gasteiger partial charge in [-0.1, -0.05) is 50.6 Å². The van der Waals surface area contributed by atoms with Crippen LogP contribution in [0.1, 0.15) is 44.0 Å². The Kier molecular flexibility index (Phi) is 16.8. The van der Waals surface area contributed by atoms with Gasteiger partial charge in [0.1, 0.15) is 53.5 Å². The van der Waals surface area contributed by atoms with Crippen LogP contribution in [-0.4, -0.2) is 126 Å². The molecule has 1 unspecified atom stereocenters. The summed E-state index contributed by atoms with van der Waals surface area (Å²) in [7, 11) is -0.328. The van der Waals surface area contributed by atoms with E-state index in [0.717, 1.165) is 26.2 Å². The van der Waals surface area contributed by atoms with E-state index in [1.165, 1.54) is 42.1 Å². The highest BCUT2D eigenvalue weighted by Gasteiger charge is 2.39. The molecule has 1 aliphatic heterocycles. The van der Waals surface area contributed by atoms with Crippen LogP contribution in [0.3, 0.4) is 0 Å². The van der Waals surface area contributed by atoms with Crippen molar-refractivity contribution < 1.29 is 55.9 Å². The number of ether oxygens (including phenoxy) is 4. The second-order valence-corrected chi connectivity index (χ2v) is 25.0. The summed E-state index contributed by atoms with van der Waals surface area (Å²) in [5.41, 5.74) is 3.15. The summed E-state index contributed by atoms with van der Waals surface area (Å²) in [5.74, 6) is -0.666. The van der Waals surface area contributed by atoms with E-state index in [4.69, 9.17) is 35.0 Å². The molecular formula is C50H57ClF4N6O8SSi. The second kappa shape index (κ2) is 22.4. The Labute approximate surface area is 419 Å². The minimum atomic E-state index is -4.42. The van der Waals surface area contributed by atoms with Gasteiger partial charge in [0.15, 0.2) is 0 Å². The van der Waals surface area contributed by atoms with Gasteiger partial charge in [-0.3, -0.25) is 4.90 Å². The molecule has 2 atom stereocenters. The number of nitrogens with zero attached hydrogens (tertiary/aromatic N) is 6. The maximum Gasteiger partial charge on any atom is 0.392 e. The molecule has 2 N–H and O–H groups in total. The molecule has 4 heterocycles. The van der Waals surface area contributed by atoms with Gasteiger partial charge in [0, 0.05) is 61.3 Å². The van der Waals surface area contributed by atoms with Gasteiger partial charge in [-0.2, -0.15) is 18.2 Å². The molecular weight excluding hydrogens is 984 g/mol. The van der Waals surface area contributed by atoms with E-state index in [9.17, 15) is 32.6 Å². The zero-order chi connectivity index (χ0) is 51.3. The lowest BCUT2D eigenvalue weighted by Gasteiger charge is -2.36. The van der Waals surface area contributed by atoms with Crippen LogP contribution in [-0.2, 0) is 17.8 Å². The number of aliphatic hydroxyl groups is 1. The van der Waals surface area contributed by atoms with Crippen molar-refractivity contribution >= 4 is 47.4 Å². The SMILES string of the molecule is Cc1c(-c2c(-c3ccc(F)cc3)sc3ncnc(OC(Cc4cc(O[Si](C)(C)C(C)(C)C)ccc4OCc4ccnc(OCCC(F)(F)F)n4)C(=O)O)c23)ccc(O[C@@H](CO)CN2CCN(C)CC2)c1Cl. The van der Waals surface area contributed by atoms with E-state index in [-0.39, 0.29) is 42.3 Å². The quantitative estimate of drug-likeness (QED) is 0.0549. The first-order valence-electron chi connectivity index (χ1n) is 23.0. The van der Waals surface area contributed by atoms with E-state index in [1.54, 1.807) is 36.4 Å². The molecule has 3 aromatic carbocycles. The molecule has 0 amide bonds. The zero-order valence-electron chi connectivity index (χ0n) is 40.5. The lowest BCUT2D eigenvalue weighted by Crippen LogP contribution is -2.48. The van der Waals surface area contributed by atoms with Gasteiger partial charge < -0.3 is 38.5 Å². The molecule has 0 bridgehead atoms. The third-order valence-corrected chi connectivity index (χ3v) is 18.5. The predicted molar refractivity (Wildman–Crippen MR) is 266 cm³/mol. The first kappa shape index (κ1) is 53.2. The normalized spacial score (nSPS) is 14.8. The molecule has 21 heteroatoms. The number of carboxylic acids is 1. The van der Waals surface area contributed by atoms with Crippen LogP contribution in [0.15, 0.2) is 73.2 Å². The molecule has 0 aliphatic carbocycles. The average Bonchev–Trinajstić information content (AvgIpc) is 3.70. The number of aliphatic carboxylic acids is 1. The van der Waals surface area contributed by atoms with Crippen molar-refractivity contribution in [3.63, 3.8) is 0 Å². The smallest absolute Gasteiger partial charge is 0.392 e. The van der Waals surface area contributed by atoms with E-state index < -0.39 is 51.5 Å². The van der Waals surface area contributed by atoms with E-state index in [1.807, 2.05) is 13.0 Å². The summed E-state index contributed by atoms with van der Waals surface area (Å²) in [4.78, 5) is 36.2. The Hall–Kier alpha value is -5.64. The number of hydrogen-bond acceptors (Lipinski definition) is 14. The summed E-state index contributed by atoms with van der Waals surface area (Å²) in [6.07, 6.45) is -5.35. The lowest BCUT2D eigenvalue weighted by atomic mass is 9.96. The number of alkyl halides is 3. The van der Waals surface area contributed by atoms with Crippen molar-refractivity contribution in [2.75, 3.05) is 53.0 Å². The molecule has 1 saturated heterocycles. The van der Waals surface area contributed by atoms with Crippen molar-refractivity contribution in [1.82, 2.24) is 29.7 Å². The monoisotopic (exact) mass is 1040 g/mol. The number of aliphatic hydroxyl groups excluding tert-OH is 1. The number of hydrogen-bond donors (Lipinski definition) is 2. The minimum Gasteiger partial charge on any atom is -0.543 e. The Bertz CT molecular complexity index is 2810. The van der Waals surface area contributed by atoms with Gasteiger partial charge in [0.2, 0.25) is 20.3 Å². The average molecular weight is 1040 g/mol. The third-order valence-electron chi connectivity index (χ3n) is 12.6. The molecule has 71 heavy (non-hydrogen) atoms. The number of aromatic nitrogens is 4. The molecule has 0 radical (unpaired) electrons. The summed E-state index contributed by atoms with van der Waals surface area (Å²) in [6.45, 7) is 15.2. The highest BCUT2D eigenvalue weighted by atomic mass is 35.5. The summed E-state index contributed by atoms with van der Waals surface area (Å²) in [5, 5.41) is 21.7. The van der Waals surface area contributed by atoms with Crippen LogP contribution in [0.4, 0.5) is 17.6 Å². The number of carboxylic acid groups (broad SMARTS) is 1. The highest BCUT2D eigenvalue weighted by Crippen LogP contribution is 2.50. The maximum atomic E-state index is 14.4. The van der Waals surface area contributed by atoms with Crippen LogP contribution in [0, 0.1) is 12.7 Å². The number of likely N-dealkylation sites (N-methyl/N-ethyl adjacent to an activating group) is 1. The van der Waals surface area contributed by atoms with Crippen molar-refractivity contribution in [2.45, 2.75) is 83.7 Å². The number of thiophene rings is 1. The Morgan fingerprint density at radius 3 is 2.34 bits per heavy atom. The summed E-state index contributed by atoms with van der Waals surface area (Å²) >= 11 is 8.41. The molecule has 6 aromatic rings. The molecule has 1 aliphatic rings. The Morgan fingerprint density at radius 1 is 0.944 bits per heavy atom. The molecule has 1 fully saturated rings. The van der Waals surface area contributed by atoms with Crippen LogP contribution < -0.4 is 23.4 Å². The molecule has 0 saturated carbocycles. The van der Waals surface area contributed by atoms with Gasteiger partial charge in [0.05, 0.1) is 29.1 Å². The van der Waals surface area contributed by atoms with E-state index in [0.29, 0.717) is 71.7 Å². The topological polar surface area (TPSA) is 162 Å². The number of halogens is 5. The fraction of sp³-hybridized carbons (Fsp3) is 0.420. The van der Waals surface area contributed by atoms with Crippen LogP contribution >= 0.6 is 22.9 Å². The molecule has 0 spiro atoms. The molecule has 7 rings (SSSR count). The Morgan fingerprint density at radius 2 is 1.66 bits per heavy atom. The summed E-state index contributed by atoms with van der Waals surface area (Å²) in [6, 6.07) is 15.9. The molecule has 380 valence electrons. The fourth-order valence-electron chi connectivity index (χ4n) is 7.53. The van der Waals surface area contributed by atoms with Crippen molar-refractivity contribution in [2.24, 2.45) is 0 Å². The van der Waals surface area contributed by atoms with Gasteiger partial charge >= 0.3 is 18.2 Å². The number of fused-ring (bicyclic) bond motifs is 1. The third kappa shape index (κ3) is 13.5. The van der Waals surface area contributed by atoms with Gasteiger partial charge in [0.25, 0.3) is 0 Å². The molecule has 3 aromatic heterocycles. The maximum absolute atomic E-state index is 14.4. The van der Waals surface area contributed by atoms with E-state index >= 15 is 0 Å². The van der Waals surface area contributed by atoms with Crippen LogP contribution in [0.25, 0.3) is 31.8 Å². The van der Waals surface area contributed by atoms with Gasteiger partial charge in [-0.15, -0.1) is 11.3 Å². The number of rotatable bonds is 20. The van der Waals surface area contributed by atoms with Gasteiger partial charge in [-0.25, -0.2) is 24.1 Å². The van der Waals surface area contributed by atoms with Crippen LogP contribution in [0.5, 0.6) is 29.1 Å². The van der Waals surface area contributed by atoms with Crippen molar-refractivity contribution in [1.29, 1.82) is 0 Å². The fourth-order valence-corrected chi connectivity index (χ4v) is 9.91. The number of piperazine rings is 1. The van der Waals surface area contributed by atoms with Crippen LogP contribution in [0.2, 0.25) is 23.2 Å². The number of benzene rings is 3. The first-order chi connectivity index (χ1) is 33.6. The zero-order valence-corrected chi connectivity index (χ0v) is 43.1. The highest BCUT2D eigenvalue weighted by molar-refractivity contribution is 7.22. The Balaban J connectivity index is 1.24. The molecule has 14 nitrogen and oxygen atoms in total. The largest absolute Gasteiger partial charge is 0.543 e. The number of carbonyl (C=O) groups is 1. The van der Waals surface area contributed by atoms with E-state index in [2.05, 4.69) is 70.6 Å². The van der Waals surface area contributed by atoms with Crippen molar-refractivity contribution in [3.05, 3.63) is 101 Å². The second-order valence-electron chi connectivity index (χ2n) is 18.9. The minimum absolute atomic E-state index is 0.0411. The first-order valence-corrected chi connectivity index (χ1v) is 27.1. The lowest BCUT2D eigenvalue weighted by molar-refractivity contribution is -0.145. The predicted octanol–water partition coefficient (Wildman–Crippen LogP) is 10.3. The standard InChI is InChI=1S/C50H57ClF4N6O8SSi/c1-30-37(13-15-39(43(30)51)67-36(27-62)26-61-21-19-60(5)20-22-61)41-42-45(57-29-58-46(42)70-44(41)31-8-10-33(52)11-9-31)68-40(47(63)64)25-32-24-35(69-71(6,7)49(2,3)4)12-14-38(32)66-28-34-16-18-56-48(59-34)65-23-17-50(53,54)55/h8-16,18,24,29,36,40,62H,17,19-23,25-28H2,1-7H3,(H,63,64)/t36-,40?/m1/s1. The van der Waals surface area contributed by atoms with Crippen molar-refractivity contribution in [3.8, 4) is 50.7 Å². The van der Waals surface area contributed by atoms with Gasteiger partial charge in [-0.05, 0) is 91.3 Å².